The fourth-order valence-corrected chi connectivity index (χ4v) is 5.62. The number of aromatic nitrogens is 2. The van der Waals surface area contributed by atoms with Gasteiger partial charge in [0.15, 0.2) is 5.82 Å². The Bertz CT molecular complexity index is 1660. The van der Waals surface area contributed by atoms with Gasteiger partial charge in [-0.15, -0.1) is 0 Å². The van der Waals surface area contributed by atoms with Crippen LogP contribution in [0.3, 0.4) is 0 Å². The fraction of sp³-hybridized carbons (Fsp3) is 0.286. The normalized spacial score (nSPS) is 16.6. The predicted octanol–water partition coefficient (Wildman–Crippen LogP) is 6.17. The molecule has 11 heteroatoms. The highest BCUT2D eigenvalue weighted by atomic mass is 16.7. The molecule has 1 atom stereocenters. The number of likely N-dealkylation sites (N-methyl/N-ethyl adjacent to an activating group) is 1. The zero-order chi connectivity index (χ0) is 31.9. The van der Waals surface area contributed by atoms with Gasteiger partial charge in [-0.3, -0.25) is 9.63 Å². The molecule has 1 aromatic heterocycles. The SMILES string of the molecule is C=CC(=O)Nc1cc(Nc2cc(N3OCCC3c3cccc(Oc4ccccc4)c3)ncn2)c(OCC)cc1N1CCN(C)CC1. The van der Waals surface area contributed by atoms with Crippen molar-refractivity contribution in [3.05, 3.63) is 97.3 Å². The third-order valence-electron chi connectivity index (χ3n) is 7.95. The number of hydroxylamine groups is 1. The first-order chi connectivity index (χ1) is 22.5. The van der Waals surface area contributed by atoms with Gasteiger partial charge in [0.1, 0.15) is 29.4 Å². The Kier molecular flexibility index (Phi) is 9.61. The topological polar surface area (TPSA) is 104 Å². The van der Waals surface area contributed by atoms with E-state index >= 15 is 0 Å². The van der Waals surface area contributed by atoms with Gasteiger partial charge in [0, 0.05) is 44.7 Å². The van der Waals surface area contributed by atoms with E-state index in [1.807, 2.05) is 78.7 Å². The summed E-state index contributed by atoms with van der Waals surface area (Å²) < 4.78 is 12.2. The van der Waals surface area contributed by atoms with Crippen molar-refractivity contribution in [3.8, 4) is 17.2 Å². The number of hydrogen-bond donors (Lipinski definition) is 2. The zero-order valence-corrected chi connectivity index (χ0v) is 26.2. The minimum absolute atomic E-state index is 0.0651. The number of anilines is 5. The molecule has 11 nitrogen and oxygen atoms in total. The van der Waals surface area contributed by atoms with Gasteiger partial charge < -0.3 is 29.9 Å². The molecule has 2 saturated heterocycles. The Hall–Kier alpha value is -5.13. The number of rotatable bonds is 11. The third-order valence-corrected chi connectivity index (χ3v) is 7.95. The number of amides is 1. The van der Waals surface area contributed by atoms with E-state index in [1.165, 1.54) is 12.4 Å². The maximum absolute atomic E-state index is 12.4. The van der Waals surface area contributed by atoms with Gasteiger partial charge in [0.2, 0.25) is 5.91 Å². The molecule has 238 valence electrons. The van der Waals surface area contributed by atoms with Crippen LogP contribution in [0.15, 0.2) is 91.8 Å². The average Bonchev–Trinajstić information content (AvgIpc) is 3.57. The molecule has 2 aliphatic rings. The first-order valence-electron chi connectivity index (χ1n) is 15.5. The van der Waals surface area contributed by atoms with Gasteiger partial charge in [0.25, 0.3) is 0 Å². The van der Waals surface area contributed by atoms with Crippen LogP contribution in [0.5, 0.6) is 17.2 Å². The molecule has 4 aromatic rings. The summed E-state index contributed by atoms with van der Waals surface area (Å²) in [5, 5.41) is 8.21. The molecule has 1 amide bonds. The second-order valence-electron chi connectivity index (χ2n) is 11.1. The van der Waals surface area contributed by atoms with Crippen LogP contribution < -0.4 is 30.1 Å². The molecule has 3 aromatic carbocycles. The summed E-state index contributed by atoms with van der Waals surface area (Å²) in [7, 11) is 2.11. The zero-order valence-electron chi connectivity index (χ0n) is 26.2. The number of carbonyl (C=O) groups excluding carboxylic acids is 1. The Morgan fingerprint density at radius 2 is 1.80 bits per heavy atom. The van der Waals surface area contributed by atoms with Crippen LogP contribution >= 0.6 is 0 Å². The summed E-state index contributed by atoms with van der Waals surface area (Å²) in [4.78, 5) is 32.1. The Balaban J connectivity index is 1.26. The molecule has 1 unspecified atom stereocenters. The molecule has 0 spiro atoms. The Morgan fingerprint density at radius 3 is 2.59 bits per heavy atom. The van der Waals surface area contributed by atoms with E-state index in [0.717, 1.165) is 55.3 Å². The highest BCUT2D eigenvalue weighted by Gasteiger charge is 2.30. The van der Waals surface area contributed by atoms with Crippen LogP contribution in [0.25, 0.3) is 0 Å². The first-order valence-corrected chi connectivity index (χ1v) is 15.5. The van der Waals surface area contributed by atoms with Crippen molar-refractivity contribution < 1.29 is 19.1 Å². The largest absolute Gasteiger partial charge is 0.492 e. The predicted molar refractivity (Wildman–Crippen MR) is 180 cm³/mol. The van der Waals surface area contributed by atoms with Gasteiger partial charge in [-0.1, -0.05) is 36.9 Å². The molecular formula is C35H39N7O4. The number of nitrogens with one attached hydrogen (secondary N) is 2. The molecule has 0 aliphatic carbocycles. The molecule has 2 N–H and O–H groups in total. The van der Waals surface area contributed by atoms with Crippen LogP contribution in [-0.4, -0.2) is 67.2 Å². The van der Waals surface area contributed by atoms with Crippen molar-refractivity contribution >= 4 is 34.6 Å². The maximum Gasteiger partial charge on any atom is 0.247 e. The van der Waals surface area contributed by atoms with Crippen LogP contribution in [0.2, 0.25) is 0 Å². The summed E-state index contributed by atoms with van der Waals surface area (Å²) in [5.41, 5.74) is 3.27. The molecule has 0 radical (unpaired) electrons. The molecule has 2 aliphatic heterocycles. The van der Waals surface area contributed by atoms with E-state index in [4.69, 9.17) is 14.3 Å². The number of para-hydroxylation sites is 1. The summed E-state index contributed by atoms with van der Waals surface area (Å²) in [6, 6.07) is 23.4. The van der Waals surface area contributed by atoms with Crippen LogP contribution in [0.4, 0.5) is 28.7 Å². The number of hydrogen-bond acceptors (Lipinski definition) is 10. The van der Waals surface area contributed by atoms with E-state index in [1.54, 1.807) is 0 Å². The van der Waals surface area contributed by atoms with Crippen molar-refractivity contribution in [2.24, 2.45) is 0 Å². The molecule has 0 bridgehead atoms. The second kappa shape index (κ2) is 14.3. The van der Waals surface area contributed by atoms with Gasteiger partial charge in [-0.2, -0.15) is 0 Å². The van der Waals surface area contributed by atoms with Gasteiger partial charge in [-0.25, -0.2) is 15.0 Å². The van der Waals surface area contributed by atoms with Crippen molar-refractivity contribution in [3.63, 3.8) is 0 Å². The summed E-state index contributed by atoms with van der Waals surface area (Å²) in [6.45, 7) is 10.1. The van der Waals surface area contributed by atoms with Crippen molar-refractivity contribution in [1.82, 2.24) is 14.9 Å². The maximum atomic E-state index is 12.4. The van der Waals surface area contributed by atoms with E-state index in [0.29, 0.717) is 42.0 Å². The smallest absolute Gasteiger partial charge is 0.247 e. The van der Waals surface area contributed by atoms with Gasteiger partial charge in [0.05, 0.1) is 36.3 Å². The molecule has 0 saturated carbocycles. The second-order valence-corrected chi connectivity index (χ2v) is 11.1. The number of piperazine rings is 1. The number of benzene rings is 3. The molecule has 2 fully saturated rings. The third kappa shape index (κ3) is 7.22. The van der Waals surface area contributed by atoms with Crippen molar-refractivity contribution in [2.45, 2.75) is 19.4 Å². The van der Waals surface area contributed by atoms with Crippen molar-refractivity contribution in [2.75, 3.05) is 67.0 Å². The monoisotopic (exact) mass is 621 g/mol. The summed E-state index contributed by atoms with van der Waals surface area (Å²) >= 11 is 0. The molecule has 46 heavy (non-hydrogen) atoms. The average molecular weight is 622 g/mol. The van der Waals surface area contributed by atoms with Gasteiger partial charge >= 0.3 is 0 Å². The lowest BCUT2D eigenvalue weighted by Crippen LogP contribution is -2.44. The lowest BCUT2D eigenvalue weighted by molar-refractivity contribution is -0.111. The van der Waals surface area contributed by atoms with E-state index in [2.05, 4.69) is 50.1 Å². The minimum Gasteiger partial charge on any atom is -0.492 e. The minimum atomic E-state index is -0.287. The molecule has 6 rings (SSSR count). The highest BCUT2D eigenvalue weighted by Crippen LogP contribution is 2.40. The lowest BCUT2D eigenvalue weighted by atomic mass is 10.0. The van der Waals surface area contributed by atoms with E-state index in [9.17, 15) is 4.79 Å². The van der Waals surface area contributed by atoms with E-state index in [-0.39, 0.29) is 11.9 Å². The molecule has 3 heterocycles. The van der Waals surface area contributed by atoms with Crippen LogP contribution in [0, 0.1) is 0 Å². The van der Waals surface area contributed by atoms with Crippen LogP contribution in [-0.2, 0) is 9.63 Å². The standard InChI is InChI=1S/C35H39N7O4/c1-4-35(43)39-28-21-29(32(44-5-2)22-31(28)41-17-15-40(3)16-18-41)38-33-23-34(37-24-36-33)42-30(14-19-45-42)25-10-9-13-27(20-25)46-26-11-7-6-8-12-26/h4,6-13,20-24,30H,1,5,14-19H2,2-3H3,(H,39,43)(H,36,37,38). The first kappa shape index (κ1) is 30.9. The van der Waals surface area contributed by atoms with E-state index < -0.39 is 0 Å². The lowest BCUT2D eigenvalue weighted by Gasteiger charge is -2.35. The summed E-state index contributed by atoms with van der Waals surface area (Å²) in [6.07, 6.45) is 3.56. The number of nitrogens with zero attached hydrogens (tertiary/aromatic N) is 5. The number of carbonyl (C=O) groups is 1. The van der Waals surface area contributed by atoms with Gasteiger partial charge in [-0.05, 0) is 55.9 Å². The highest BCUT2D eigenvalue weighted by molar-refractivity contribution is 6.02. The Labute approximate surface area is 269 Å². The van der Waals surface area contributed by atoms with Crippen LogP contribution in [0.1, 0.15) is 24.9 Å². The Morgan fingerprint density at radius 1 is 1.00 bits per heavy atom. The quantitative estimate of drug-likeness (QED) is 0.189. The molecular weight excluding hydrogens is 582 g/mol. The summed E-state index contributed by atoms with van der Waals surface area (Å²) in [5.74, 6) is 3.06. The fourth-order valence-electron chi connectivity index (χ4n) is 5.62. The van der Waals surface area contributed by atoms with Crippen molar-refractivity contribution in [1.29, 1.82) is 0 Å². The number of ether oxygens (including phenoxy) is 2.